The summed E-state index contributed by atoms with van der Waals surface area (Å²) in [5.74, 6) is 1.44. The van der Waals surface area contributed by atoms with Crippen LogP contribution in [0.2, 0.25) is 0 Å². The lowest BCUT2D eigenvalue weighted by Crippen LogP contribution is -2.36. The van der Waals surface area contributed by atoms with Crippen molar-refractivity contribution >= 4 is 16.0 Å². The van der Waals surface area contributed by atoms with Gasteiger partial charge in [-0.1, -0.05) is 36.4 Å². The monoisotopic (exact) mass is 404 g/mol. The van der Waals surface area contributed by atoms with Crippen molar-refractivity contribution in [2.45, 2.75) is 25.8 Å². The largest absolute Gasteiger partial charge is 0.496 e. The van der Waals surface area contributed by atoms with Gasteiger partial charge in [0.05, 0.1) is 12.9 Å². The van der Waals surface area contributed by atoms with Crippen LogP contribution < -0.4 is 20.1 Å². The van der Waals surface area contributed by atoms with Crippen LogP contribution >= 0.6 is 0 Å². The van der Waals surface area contributed by atoms with E-state index in [0.717, 1.165) is 28.0 Å². The van der Waals surface area contributed by atoms with Crippen LogP contribution in [0.1, 0.15) is 22.3 Å². The van der Waals surface area contributed by atoms with Gasteiger partial charge in [0.15, 0.2) is 5.96 Å². The summed E-state index contributed by atoms with van der Waals surface area (Å²) in [5.41, 5.74) is 3.89. The predicted molar refractivity (Wildman–Crippen MR) is 113 cm³/mol. The van der Waals surface area contributed by atoms with Crippen LogP contribution in [-0.2, 0) is 28.9 Å². The minimum atomic E-state index is -3.29. The molecular weight excluding hydrogens is 376 g/mol. The first kappa shape index (κ1) is 21.7. The summed E-state index contributed by atoms with van der Waals surface area (Å²) in [4.78, 5) is 4.23. The molecule has 0 atom stereocenters. The number of benzene rings is 2. The second kappa shape index (κ2) is 10.1. The summed E-state index contributed by atoms with van der Waals surface area (Å²) in [6, 6.07) is 13.5. The number of hydrogen-bond acceptors (Lipinski definition) is 4. The van der Waals surface area contributed by atoms with Crippen molar-refractivity contribution in [2.24, 2.45) is 4.99 Å². The van der Waals surface area contributed by atoms with E-state index in [0.29, 0.717) is 19.0 Å². The van der Waals surface area contributed by atoms with Crippen molar-refractivity contribution in [2.75, 3.05) is 21.2 Å². The molecule has 0 aliphatic heterocycles. The second-order valence-corrected chi connectivity index (χ2v) is 8.30. The Morgan fingerprint density at radius 2 is 1.79 bits per heavy atom. The molecule has 0 unspecified atom stereocenters. The van der Waals surface area contributed by atoms with Crippen LogP contribution in [0.3, 0.4) is 0 Å². The van der Waals surface area contributed by atoms with Gasteiger partial charge in [-0.25, -0.2) is 13.1 Å². The maximum absolute atomic E-state index is 11.7. The van der Waals surface area contributed by atoms with Crippen LogP contribution in [0.15, 0.2) is 47.5 Å². The van der Waals surface area contributed by atoms with Gasteiger partial charge in [-0.2, -0.15) is 0 Å². The lowest BCUT2D eigenvalue weighted by molar-refractivity contribution is 0.408. The van der Waals surface area contributed by atoms with Crippen LogP contribution in [0.4, 0.5) is 0 Å². The number of aliphatic imine (C=N–C) groups is 1. The number of nitrogens with zero attached hydrogens (tertiary/aromatic N) is 1. The molecule has 0 aromatic heterocycles. The first-order valence-electron chi connectivity index (χ1n) is 8.94. The van der Waals surface area contributed by atoms with Crippen molar-refractivity contribution in [1.29, 1.82) is 0 Å². The SMILES string of the molecule is CN=C(NCc1cccc(CS(=O)(=O)NC)c1)NCc1ccc(C)cc1OC. The minimum Gasteiger partial charge on any atom is -0.496 e. The third-order valence-corrected chi connectivity index (χ3v) is 5.57. The van der Waals surface area contributed by atoms with Gasteiger partial charge >= 0.3 is 0 Å². The van der Waals surface area contributed by atoms with Gasteiger partial charge in [0.1, 0.15) is 5.75 Å². The first-order valence-corrected chi connectivity index (χ1v) is 10.6. The molecule has 0 aliphatic carbocycles. The molecule has 0 saturated heterocycles. The normalized spacial score (nSPS) is 11.9. The average molecular weight is 405 g/mol. The predicted octanol–water partition coefficient (Wildman–Crippen LogP) is 1.92. The minimum absolute atomic E-state index is 0.0441. The Bertz CT molecular complexity index is 927. The lowest BCUT2D eigenvalue weighted by atomic mass is 10.1. The summed E-state index contributed by atoms with van der Waals surface area (Å²) in [7, 11) is 1.49. The quantitative estimate of drug-likeness (QED) is 0.462. The molecule has 0 heterocycles. The molecule has 0 spiro atoms. The molecule has 2 aromatic carbocycles. The van der Waals surface area contributed by atoms with Gasteiger partial charge in [-0.05, 0) is 36.7 Å². The number of rotatable bonds is 8. The molecular formula is C20H28N4O3S. The maximum Gasteiger partial charge on any atom is 0.215 e. The second-order valence-electron chi connectivity index (χ2n) is 6.38. The standard InChI is InChI=1S/C20H28N4O3S/c1-15-8-9-18(19(10-15)27-4)13-24-20(21-2)23-12-16-6-5-7-17(11-16)14-28(25,26)22-3/h5-11,22H,12-14H2,1-4H3,(H2,21,23,24). The van der Waals surface area contributed by atoms with Crippen LogP contribution in [-0.4, -0.2) is 35.6 Å². The molecule has 0 aliphatic rings. The fraction of sp³-hybridized carbons (Fsp3) is 0.350. The highest BCUT2D eigenvalue weighted by atomic mass is 32.2. The van der Waals surface area contributed by atoms with Crippen molar-refractivity contribution in [3.8, 4) is 5.75 Å². The van der Waals surface area contributed by atoms with E-state index in [9.17, 15) is 8.42 Å². The Labute approximate surface area is 167 Å². The number of aryl methyl sites for hydroxylation is 1. The molecule has 2 rings (SSSR count). The van der Waals surface area contributed by atoms with Gasteiger partial charge in [-0.3, -0.25) is 4.99 Å². The highest BCUT2D eigenvalue weighted by Gasteiger charge is 2.09. The third-order valence-electron chi connectivity index (χ3n) is 4.23. The molecule has 0 amide bonds. The summed E-state index contributed by atoms with van der Waals surface area (Å²) in [6.07, 6.45) is 0. The average Bonchev–Trinajstić information content (AvgIpc) is 2.68. The van der Waals surface area contributed by atoms with E-state index >= 15 is 0 Å². The molecule has 0 fully saturated rings. The van der Waals surface area contributed by atoms with Crippen molar-refractivity contribution in [3.05, 3.63) is 64.7 Å². The number of sulfonamides is 1. The number of guanidine groups is 1. The van der Waals surface area contributed by atoms with Crippen molar-refractivity contribution < 1.29 is 13.2 Å². The molecule has 28 heavy (non-hydrogen) atoms. The summed E-state index contributed by atoms with van der Waals surface area (Å²) >= 11 is 0. The smallest absolute Gasteiger partial charge is 0.215 e. The van der Waals surface area contributed by atoms with Gasteiger partial charge in [0, 0.05) is 25.7 Å². The highest BCUT2D eigenvalue weighted by molar-refractivity contribution is 7.88. The number of hydrogen-bond donors (Lipinski definition) is 3. The van der Waals surface area contributed by atoms with Crippen molar-refractivity contribution in [3.63, 3.8) is 0 Å². The molecule has 0 radical (unpaired) electrons. The zero-order chi connectivity index (χ0) is 20.6. The molecule has 2 aromatic rings. The van der Waals surface area contributed by atoms with Crippen LogP contribution in [0, 0.1) is 6.92 Å². The van der Waals surface area contributed by atoms with Crippen LogP contribution in [0.25, 0.3) is 0 Å². The summed E-state index contributed by atoms with van der Waals surface area (Å²) in [5, 5.41) is 6.51. The lowest BCUT2D eigenvalue weighted by Gasteiger charge is -2.14. The fourth-order valence-corrected chi connectivity index (χ4v) is 3.47. The Morgan fingerprint density at radius 1 is 1.07 bits per heavy atom. The van der Waals surface area contributed by atoms with E-state index in [2.05, 4.69) is 20.3 Å². The Hall–Kier alpha value is -2.58. The van der Waals surface area contributed by atoms with Gasteiger partial charge in [0.25, 0.3) is 0 Å². The Morgan fingerprint density at radius 3 is 2.46 bits per heavy atom. The maximum atomic E-state index is 11.7. The van der Waals surface area contributed by atoms with E-state index in [4.69, 9.17) is 4.74 Å². The third kappa shape index (κ3) is 6.54. The molecule has 7 nitrogen and oxygen atoms in total. The van der Waals surface area contributed by atoms with E-state index < -0.39 is 10.0 Å². The van der Waals surface area contributed by atoms with E-state index in [1.807, 2.05) is 43.3 Å². The Kier molecular flexibility index (Phi) is 7.83. The Balaban J connectivity index is 1.96. The van der Waals surface area contributed by atoms with Gasteiger partial charge in [-0.15, -0.1) is 0 Å². The zero-order valence-corrected chi connectivity index (χ0v) is 17.6. The van der Waals surface area contributed by atoms with E-state index in [1.54, 1.807) is 20.2 Å². The molecule has 152 valence electrons. The van der Waals surface area contributed by atoms with E-state index in [1.165, 1.54) is 7.05 Å². The number of ether oxygens (including phenoxy) is 1. The molecule has 3 N–H and O–H groups in total. The summed E-state index contributed by atoms with van der Waals surface area (Å²) < 4.78 is 31.2. The summed E-state index contributed by atoms with van der Waals surface area (Å²) in [6.45, 7) is 3.12. The molecule has 8 heteroatoms. The first-order chi connectivity index (χ1) is 13.4. The topological polar surface area (TPSA) is 91.8 Å². The molecule has 0 saturated carbocycles. The van der Waals surface area contributed by atoms with Crippen molar-refractivity contribution in [1.82, 2.24) is 15.4 Å². The molecule has 0 bridgehead atoms. The number of nitrogens with one attached hydrogen (secondary N) is 3. The number of methoxy groups -OCH3 is 1. The van der Waals surface area contributed by atoms with Gasteiger partial charge < -0.3 is 15.4 Å². The van der Waals surface area contributed by atoms with Crippen LogP contribution in [0.5, 0.6) is 5.75 Å². The van der Waals surface area contributed by atoms with Gasteiger partial charge in [0.2, 0.25) is 10.0 Å². The fourth-order valence-electron chi connectivity index (χ4n) is 2.70. The highest BCUT2D eigenvalue weighted by Crippen LogP contribution is 2.19. The van der Waals surface area contributed by atoms with E-state index in [-0.39, 0.29) is 5.75 Å². The zero-order valence-electron chi connectivity index (χ0n) is 16.7.